The molecule has 1 unspecified atom stereocenters. The Balaban J connectivity index is 2.76. The van der Waals surface area contributed by atoms with Crippen molar-refractivity contribution in [3.63, 3.8) is 0 Å². The van der Waals surface area contributed by atoms with Gasteiger partial charge in [0.2, 0.25) is 0 Å². The maximum absolute atomic E-state index is 12.3. The number of hydrogen-bond acceptors (Lipinski definition) is 3. The van der Waals surface area contributed by atoms with E-state index in [1.54, 1.807) is 0 Å². The molecule has 0 saturated carbocycles. The fourth-order valence-electron chi connectivity index (χ4n) is 1.75. The van der Waals surface area contributed by atoms with Gasteiger partial charge in [-0.2, -0.15) is 13.2 Å². The highest BCUT2D eigenvalue weighted by Gasteiger charge is 2.32. The summed E-state index contributed by atoms with van der Waals surface area (Å²) in [4.78, 5) is 25.7. The normalized spacial score (nSPS) is 12.8. The van der Waals surface area contributed by atoms with E-state index in [2.05, 4.69) is 10.3 Å². The summed E-state index contributed by atoms with van der Waals surface area (Å²) in [7, 11) is 0. The van der Waals surface area contributed by atoms with Gasteiger partial charge in [-0.25, -0.2) is 0 Å². The number of aliphatic carboxylic acids is 1. The maximum Gasteiger partial charge on any atom is 0.433 e. The van der Waals surface area contributed by atoms with Crippen LogP contribution in [0.2, 0.25) is 0 Å². The van der Waals surface area contributed by atoms with Gasteiger partial charge in [0.05, 0.1) is 12.0 Å². The number of rotatable bonds is 6. The largest absolute Gasteiger partial charge is 0.481 e. The predicted molar refractivity (Wildman–Crippen MR) is 67.7 cm³/mol. The number of carbonyl (C=O) groups is 2. The first kappa shape index (κ1) is 16.9. The zero-order valence-corrected chi connectivity index (χ0v) is 11.3. The minimum absolute atomic E-state index is 0.0468. The lowest BCUT2D eigenvalue weighted by Gasteiger charge is -2.16. The standard InChI is InChI=1S/C13H15F3N2O3/c1-2-3-9(6-11(19)20)18-12(21)8-4-5-10(17-7-8)13(14,15)16/h4-5,7,9H,2-3,6H2,1H3,(H,18,21)(H,19,20). The molecule has 1 amide bonds. The van der Waals surface area contributed by atoms with Crippen LogP contribution in [-0.4, -0.2) is 28.0 Å². The lowest BCUT2D eigenvalue weighted by atomic mass is 10.1. The van der Waals surface area contributed by atoms with Crippen LogP contribution in [0.15, 0.2) is 18.3 Å². The second kappa shape index (κ2) is 7.05. The molecule has 0 bridgehead atoms. The average molecular weight is 304 g/mol. The molecule has 1 atom stereocenters. The van der Waals surface area contributed by atoms with Crippen LogP contribution in [0, 0.1) is 0 Å². The Hall–Kier alpha value is -2.12. The number of halogens is 3. The Morgan fingerprint density at radius 1 is 1.38 bits per heavy atom. The molecule has 0 saturated heterocycles. The number of carboxylic acid groups (broad SMARTS) is 1. The molecule has 0 radical (unpaired) electrons. The summed E-state index contributed by atoms with van der Waals surface area (Å²) in [6, 6.07) is 1.15. The number of carbonyl (C=O) groups excluding carboxylic acids is 1. The summed E-state index contributed by atoms with van der Waals surface area (Å²) in [5.41, 5.74) is -1.14. The van der Waals surface area contributed by atoms with Gasteiger partial charge in [0.15, 0.2) is 0 Å². The van der Waals surface area contributed by atoms with Crippen LogP contribution >= 0.6 is 0 Å². The fraction of sp³-hybridized carbons (Fsp3) is 0.462. The third-order valence-electron chi connectivity index (χ3n) is 2.71. The highest BCUT2D eigenvalue weighted by Crippen LogP contribution is 2.27. The summed E-state index contributed by atoms with van der Waals surface area (Å²) in [6.07, 6.45) is -2.85. The lowest BCUT2D eigenvalue weighted by Crippen LogP contribution is -2.36. The van der Waals surface area contributed by atoms with Crippen LogP contribution in [0.1, 0.15) is 42.2 Å². The van der Waals surface area contributed by atoms with E-state index in [1.165, 1.54) is 0 Å². The van der Waals surface area contributed by atoms with Gasteiger partial charge in [-0.15, -0.1) is 0 Å². The molecule has 1 rings (SSSR count). The predicted octanol–water partition coefficient (Wildman–Crippen LogP) is 2.47. The summed E-state index contributed by atoms with van der Waals surface area (Å²) >= 11 is 0. The van der Waals surface area contributed by atoms with Crippen LogP contribution in [0.4, 0.5) is 13.2 Å². The maximum atomic E-state index is 12.3. The number of nitrogens with zero attached hydrogens (tertiary/aromatic N) is 1. The van der Waals surface area contributed by atoms with E-state index < -0.39 is 29.8 Å². The molecule has 0 aromatic carbocycles. The van der Waals surface area contributed by atoms with Gasteiger partial charge >= 0.3 is 12.1 Å². The van der Waals surface area contributed by atoms with Crippen molar-refractivity contribution >= 4 is 11.9 Å². The SMILES string of the molecule is CCCC(CC(=O)O)NC(=O)c1ccc(C(F)(F)F)nc1. The van der Waals surface area contributed by atoms with Gasteiger partial charge in [0.25, 0.3) is 5.91 Å². The highest BCUT2D eigenvalue weighted by atomic mass is 19.4. The molecule has 21 heavy (non-hydrogen) atoms. The molecule has 0 aliphatic carbocycles. The first-order valence-electron chi connectivity index (χ1n) is 6.30. The van der Waals surface area contributed by atoms with Crippen molar-refractivity contribution < 1.29 is 27.9 Å². The average Bonchev–Trinajstić information content (AvgIpc) is 2.37. The smallest absolute Gasteiger partial charge is 0.433 e. The molecule has 116 valence electrons. The number of pyridine rings is 1. The Kier molecular flexibility index (Phi) is 5.69. The van der Waals surface area contributed by atoms with Crippen molar-refractivity contribution in [1.29, 1.82) is 0 Å². The third kappa shape index (κ3) is 5.41. The van der Waals surface area contributed by atoms with E-state index in [1.807, 2.05) is 6.92 Å². The lowest BCUT2D eigenvalue weighted by molar-refractivity contribution is -0.141. The van der Waals surface area contributed by atoms with E-state index in [0.29, 0.717) is 18.9 Å². The van der Waals surface area contributed by atoms with Gasteiger partial charge in [-0.05, 0) is 18.6 Å². The summed E-state index contributed by atoms with van der Waals surface area (Å²) in [6.45, 7) is 1.83. The van der Waals surface area contributed by atoms with Crippen molar-refractivity contribution in [3.8, 4) is 0 Å². The molecular weight excluding hydrogens is 289 g/mol. The molecule has 5 nitrogen and oxygen atoms in total. The van der Waals surface area contributed by atoms with Gasteiger partial charge in [-0.3, -0.25) is 14.6 Å². The van der Waals surface area contributed by atoms with Crippen LogP contribution in [0.25, 0.3) is 0 Å². The molecule has 8 heteroatoms. The Morgan fingerprint density at radius 2 is 2.05 bits per heavy atom. The molecule has 0 aliphatic heterocycles. The van der Waals surface area contributed by atoms with E-state index >= 15 is 0 Å². The zero-order chi connectivity index (χ0) is 16.0. The van der Waals surface area contributed by atoms with Crippen molar-refractivity contribution in [2.24, 2.45) is 0 Å². The van der Waals surface area contributed by atoms with E-state index in [9.17, 15) is 22.8 Å². The highest BCUT2D eigenvalue weighted by molar-refractivity contribution is 5.94. The molecule has 0 aliphatic rings. The first-order valence-corrected chi connectivity index (χ1v) is 6.30. The zero-order valence-electron chi connectivity index (χ0n) is 11.3. The molecule has 1 heterocycles. The quantitative estimate of drug-likeness (QED) is 0.846. The molecular formula is C13H15F3N2O3. The number of alkyl halides is 3. The van der Waals surface area contributed by atoms with Crippen molar-refractivity contribution in [3.05, 3.63) is 29.6 Å². The number of hydrogen-bond donors (Lipinski definition) is 2. The van der Waals surface area contributed by atoms with Crippen molar-refractivity contribution in [2.45, 2.75) is 38.4 Å². The van der Waals surface area contributed by atoms with Gasteiger partial charge in [0, 0.05) is 12.2 Å². The minimum Gasteiger partial charge on any atom is -0.481 e. The van der Waals surface area contributed by atoms with Gasteiger partial charge in [-0.1, -0.05) is 13.3 Å². The first-order chi connectivity index (χ1) is 9.74. The topological polar surface area (TPSA) is 79.3 Å². The summed E-state index contributed by atoms with van der Waals surface area (Å²) in [5, 5.41) is 11.2. The fourth-order valence-corrected chi connectivity index (χ4v) is 1.75. The molecule has 0 spiro atoms. The van der Waals surface area contributed by atoms with E-state index in [4.69, 9.17) is 5.11 Å². The molecule has 0 fully saturated rings. The number of aromatic nitrogens is 1. The van der Waals surface area contributed by atoms with Crippen LogP contribution in [-0.2, 0) is 11.0 Å². The summed E-state index contributed by atoms with van der Waals surface area (Å²) < 4.78 is 37.0. The Bertz CT molecular complexity index is 500. The second-order valence-electron chi connectivity index (χ2n) is 4.49. The Morgan fingerprint density at radius 3 is 2.48 bits per heavy atom. The molecule has 1 aromatic heterocycles. The molecule has 2 N–H and O–H groups in total. The third-order valence-corrected chi connectivity index (χ3v) is 2.71. The number of amides is 1. The molecule has 1 aromatic rings. The Labute approximate surface area is 119 Å². The van der Waals surface area contributed by atoms with E-state index in [0.717, 1.165) is 12.3 Å². The number of nitrogens with one attached hydrogen (secondary N) is 1. The number of carboxylic acids is 1. The van der Waals surface area contributed by atoms with Crippen LogP contribution < -0.4 is 5.32 Å². The summed E-state index contributed by atoms with van der Waals surface area (Å²) in [5.74, 6) is -1.70. The van der Waals surface area contributed by atoms with Gasteiger partial charge in [0.1, 0.15) is 5.69 Å². The monoisotopic (exact) mass is 304 g/mol. The van der Waals surface area contributed by atoms with Crippen LogP contribution in [0.5, 0.6) is 0 Å². The van der Waals surface area contributed by atoms with Crippen molar-refractivity contribution in [1.82, 2.24) is 10.3 Å². The van der Waals surface area contributed by atoms with E-state index in [-0.39, 0.29) is 12.0 Å². The van der Waals surface area contributed by atoms with Crippen molar-refractivity contribution in [2.75, 3.05) is 0 Å². The second-order valence-corrected chi connectivity index (χ2v) is 4.49. The van der Waals surface area contributed by atoms with Crippen LogP contribution in [0.3, 0.4) is 0 Å². The van der Waals surface area contributed by atoms with Gasteiger partial charge < -0.3 is 10.4 Å². The minimum atomic E-state index is -4.57.